The fourth-order valence-electron chi connectivity index (χ4n) is 2.20. The molecule has 1 N–H and O–H groups in total. The third kappa shape index (κ3) is 1.44. The third-order valence-corrected chi connectivity index (χ3v) is 3.54. The summed E-state index contributed by atoms with van der Waals surface area (Å²) < 4.78 is 0. The van der Waals surface area contributed by atoms with E-state index in [4.69, 9.17) is 0 Å². The molecule has 16 heavy (non-hydrogen) atoms. The minimum Gasteiger partial charge on any atom is -0.507 e. The minimum absolute atomic E-state index is 0.340. The van der Waals surface area contributed by atoms with E-state index < -0.39 is 0 Å². The highest BCUT2D eigenvalue weighted by Crippen LogP contribution is 2.51. The first kappa shape index (κ1) is 10.9. The first-order valence-electron chi connectivity index (χ1n) is 5.41. The van der Waals surface area contributed by atoms with Crippen LogP contribution in [0.5, 0.6) is 5.75 Å². The topological polar surface area (TPSA) is 49.7 Å². The summed E-state index contributed by atoms with van der Waals surface area (Å²) in [5, 5.41) is 9.82. The second-order valence-electron chi connectivity index (χ2n) is 4.57. The summed E-state index contributed by atoms with van der Waals surface area (Å²) in [6.45, 7) is 5.72. The highest BCUT2D eigenvalue weighted by molar-refractivity contribution is 5.53. The van der Waals surface area contributed by atoms with Gasteiger partial charge in [-0.15, -0.1) is 0 Å². The number of benzene rings is 1. The summed E-state index contributed by atoms with van der Waals surface area (Å²) in [7, 11) is 0. The van der Waals surface area contributed by atoms with Crippen LogP contribution in [0.3, 0.4) is 0 Å². The molecule has 0 radical (unpaired) electrons. The fourth-order valence-corrected chi connectivity index (χ4v) is 2.20. The van der Waals surface area contributed by atoms with E-state index >= 15 is 0 Å². The Hall–Kier alpha value is -1.60. The molecule has 0 bridgehead atoms. The van der Waals surface area contributed by atoms with Gasteiger partial charge in [0.1, 0.15) is 5.75 Å². The van der Waals surface area contributed by atoms with Gasteiger partial charge in [-0.2, -0.15) is 4.99 Å². The Morgan fingerprint density at radius 2 is 1.94 bits per heavy atom. The number of hydrogen-bond donors (Lipinski definition) is 1. The molecule has 1 aliphatic rings. The number of carbonyl (C=O) groups excluding carboxylic acids is 1. The van der Waals surface area contributed by atoms with Gasteiger partial charge in [-0.3, -0.25) is 0 Å². The predicted octanol–water partition coefficient (Wildman–Crippen LogP) is 2.64. The van der Waals surface area contributed by atoms with E-state index in [-0.39, 0.29) is 5.54 Å². The van der Waals surface area contributed by atoms with Crippen LogP contribution in [0.25, 0.3) is 0 Å². The van der Waals surface area contributed by atoms with Crippen molar-refractivity contribution >= 4 is 6.08 Å². The van der Waals surface area contributed by atoms with Crippen LogP contribution in [0, 0.1) is 20.8 Å². The average Bonchev–Trinajstić information content (AvgIpc) is 3.02. The van der Waals surface area contributed by atoms with Gasteiger partial charge in [0.15, 0.2) is 0 Å². The molecule has 3 nitrogen and oxygen atoms in total. The molecule has 0 amide bonds. The molecule has 2 rings (SSSR count). The van der Waals surface area contributed by atoms with E-state index in [1.54, 1.807) is 6.08 Å². The standard InChI is InChI=1S/C13H15NO2/c1-8-6-11(9(2)10(3)12(8)16)13(4-5-13)14-7-15/h6,16H,4-5H2,1-3H3. The van der Waals surface area contributed by atoms with Crippen LogP contribution in [0.2, 0.25) is 0 Å². The predicted molar refractivity (Wildman–Crippen MR) is 61.4 cm³/mol. The Morgan fingerprint density at radius 1 is 1.31 bits per heavy atom. The van der Waals surface area contributed by atoms with E-state index in [9.17, 15) is 9.90 Å². The number of phenols is 1. The first-order valence-corrected chi connectivity index (χ1v) is 5.41. The number of aromatic hydroxyl groups is 1. The van der Waals surface area contributed by atoms with Crippen LogP contribution in [0.15, 0.2) is 11.1 Å². The van der Waals surface area contributed by atoms with Crippen molar-refractivity contribution in [2.75, 3.05) is 0 Å². The Morgan fingerprint density at radius 3 is 2.44 bits per heavy atom. The van der Waals surface area contributed by atoms with Crippen molar-refractivity contribution in [2.24, 2.45) is 4.99 Å². The van der Waals surface area contributed by atoms with Crippen molar-refractivity contribution in [3.05, 3.63) is 28.3 Å². The molecule has 1 aliphatic carbocycles. The van der Waals surface area contributed by atoms with E-state index in [1.165, 1.54) is 0 Å². The molecule has 1 aromatic carbocycles. The molecular weight excluding hydrogens is 202 g/mol. The van der Waals surface area contributed by atoms with Crippen molar-refractivity contribution in [3.63, 3.8) is 0 Å². The zero-order chi connectivity index (χ0) is 11.9. The lowest BCUT2D eigenvalue weighted by molar-refractivity contribution is 0.465. The van der Waals surface area contributed by atoms with Crippen LogP contribution in [0.4, 0.5) is 0 Å². The fraction of sp³-hybridized carbons (Fsp3) is 0.462. The van der Waals surface area contributed by atoms with Crippen molar-refractivity contribution in [3.8, 4) is 5.75 Å². The zero-order valence-electron chi connectivity index (χ0n) is 9.79. The maximum absolute atomic E-state index is 10.4. The molecule has 0 spiro atoms. The van der Waals surface area contributed by atoms with Gasteiger partial charge in [-0.05, 0) is 61.9 Å². The summed E-state index contributed by atoms with van der Waals surface area (Å²) in [6, 6.07) is 1.94. The smallest absolute Gasteiger partial charge is 0.235 e. The lowest BCUT2D eigenvalue weighted by atomic mass is 9.93. The highest BCUT2D eigenvalue weighted by atomic mass is 16.3. The number of nitrogens with zero attached hydrogens (tertiary/aromatic N) is 1. The number of phenolic OH excluding ortho intramolecular Hbond substituents is 1. The van der Waals surface area contributed by atoms with Gasteiger partial charge in [0.25, 0.3) is 0 Å². The first-order chi connectivity index (χ1) is 7.52. The number of rotatable bonds is 2. The monoisotopic (exact) mass is 217 g/mol. The largest absolute Gasteiger partial charge is 0.507 e. The van der Waals surface area contributed by atoms with Crippen LogP contribution >= 0.6 is 0 Å². The second-order valence-corrected chi connectivity index (χ2v) is 4.57. The molecule has 3 heteroatoms. The van der Waals surface area contributed by atoms with E-state index in [1.807, 2.05) is 26.8 Å². The van der Waals surface area contributed by atoms with Crippen molar-refractivity contribution in [1.29, 1.82) is 0 Å². The van der Waals surface area contributed by atoms with Crippen LogP contribution < -0.4 is 0 Å². The molecule has 1 saturated carbocycles. The molecule has 0 saturated heterocycles. The minimum atomic E-state index is -0.352. The Balaban J connectivity index is 2.63. The quantitative estimate of drug-likeness (QED) is 0.611. The average molecular weight is 217 g/mol. The molecule has 0 aromatic heterocycles. The zero-order valence-corrected chi connectivity index (χ0v) is 9.79. The van der Waals surface area contributed by atoms with Gasteiger partial charge in [0.05, 0.1) is 5.54 Å². The highest BCUT2D eigenvalue weighted by Gasteiger charge is 2.46. The van der Waals surface area contributed by atoms with Crippen molar-refractivity contribution in [2.45, 2.75) is 39.2 Å². The van der Waals surface area contributed by atoms with E-state index in [2.05, 4.69) is 4.99 Å². The van der Waals surface area contributed by atoms with Crippen molar-refractivity contribution in [1.82, 2.24) is 0 Å². The summed E-state index contributed by atoms with van der Waals surface area (Å²) in [4.78, 5) is 14.4. The number of aliphatic imine (C=N–C) groups is 1. The second kappa shape index (κ2) is 3.46. The van der Waals surface area contributed by atoms with E-state index in [0.29, 0.717) is 5.75 Å². The summed E-state index contributed by atoms with van der Waals surface area (Å²) in [6.07, 6.45) is 3.45. The lowest BCUT2D eigenvalue weighted by Crippen LogP contribution is -2.07. The van der Waals surface area contributed by atoms with E-state index in [0.717, 1.165) is 35.1 Å². The van der Waals surface area contributed by atoms with Gasteiger partial charge < -0.3 is 5.11 Å². The Kier molecular flexibility index (Phi) is 2.36. The molecule has 0 unspecified atom stereocenters. The molecule has 1 fully saturated rings. The van der Waals surface area contributed by atoms with Crippen molar-refractivity contribution < 1.29 is 9.90 Å². The molecular formula is C13H15NO2. The van der Waals surface area contributed by atoms with Crippen LogP contribution in [-0.2, 0) is 10.3 Å². The lowest BCUT2D eigenvalue weighted by Gasteiger charge is -2.16. The summed E-state index contributed by atoms with van der Waals surface area (Å²) in [5.41, 5.74) is 3.45. The molecule has 1 aromatic rings. The Bertz CT molecular complexity index is 495. The number of isocyanates is 1. The van der Waals surface area contributed by atoms with Gasteiger partial charge in [0.2, 0.25) is 6.08 Å². The molecule has 0 aliphatic heterocycles. The normalized spacial score (nSPS) is 16.7. The number of hydrogen-bond acceptors (Lipinski definition) is 3. The van der Waals surface area contributed by atoms with Gasteiger partial charge in [-0.1, -0.05) is 0 Å². The van der Waals surface area contributed by atoms with Crippen LogP contribution in [-0.4, -0.2) is 11.2 Å². The number of aryl methyl sites for hydroxylation is 1. The van der Waals surface area contributed by atoms with Gasteiger partial charge in [0, 0.05) is 0 Å². The summed E-state index contributed by atoms with van der Waals surface area (Å²) in [5.74, 6) is 0.340. The molecule has 0 atom stereocenters. The molecule has 0 heterocycles. The Labute approximate surface area is 94.8 Å². The van der Waals surface area contributed by atoms with Crippen LogP contribution in [0.1, 0.15) is 35.1 Å². The maximum Gasteiger partial charge on any atom is 0.235 e. The summed E-state index contributed by atoms with van der Waals surface area (Å²) >= 11 is 0. The third-order valence-electron chi connectivity index (χ3n) is 3.54. The molecule has 84 valence electrons. The SMILES string of the molecule is Cc1cc(C2(N=C=O)CC2)c(C)c(C)c1O. The van der Waals surface area contributed by atoms with Gasteiger partial charge in [-0.25, -0.2) is 4.79 Å². The van der Waals surface area contributed by atoms with Gasteiger partial charge >= 0.3 is 0 Å². The maximum atomic E-state index is 10.4.